The number of nitrogens with zero attached hydrogens (tertiary/aromatic N) is 3. The molecule has 1 amide bonds. The maximum Gasteiger partial charge on any atom is 0.416 e. The number of hydrogen-bond donors (Lipinski definition) is 1. The van der Waals surface area contributed by atoms with Crippen LogP contribution < -0.4 is 10.6 Å². The molecule has 6 nitrogen and oxygen atoms in total. The third kappa shape index (κ3) is 2.86. The van der Waals surface area contributed by atoms with Crippen molar-refractivity contribution >= 4 is 11.6 Å². The van der Waals surface area contributed by atoms with Crippen molar-refractivity contribution in [2.45, 2.75) is 43.8 Å². The van der Waals surface area contributed by atoms with Gasteiger partial charge in [0, 0.05) is 24.2 Å². The predicted octanol–water partition coefficient (Wildman–Crippen LogP) is 3.22. The second-order valence-electron chi connectivity index (χ2n) is 6.85. The minimum atomic E-state index is -4.56. The van der Waals surface area contributed by atoms with Gasteiger partial charge in [-0.25, -0.2) is 0 Å². The first kappa shape index (κ1) is 17.0. The molecular weight excluding hydrogens is 349 g/mol. The van der Waals surface area contributed by atoms with Gasteiger partial charge in [-0.1, -0.05) is 5.16 Å². The normalized spacial score (nSPS) is 19.7. The molecule has 0 spiro atoms. The molecule has 0 radical (unpaired) electrons. The highest BCUT2D eigenvalue weighted by Gasteiger charge is 2.39. The van der Waals surface area contributed by atoms with Crippen molar-refractivity contribution in [1.29, 1.82) is 0 Å². The standard InChI is InChI=1S/C17H17F3N4O2/c18-17(19,20)11-7-10(8-12(9-11)24-6-1-3-13(24)25)14-22-15(23-26-14)16(21)4-2-5-16/h7-9H,1-6,21H2. The van der Waals surface area contributed by atoms with Gasteiger partial charge in [-0.2, -0.15) is 18.2 Å². The lowest BCUT2D eigenvalue weighted by Gasteiger charge is -2.34. The van der Waals surface area contributed by atoms with E-state index >= 15 is 0 Å². The molecule has 1 aliphatic heterocycles. The Morgan fingerprint density at radius 3 is 2.54 bits per heavy atom. The van der Waals surface area contributed by atoms with E-state index < -0.39 is 17.3 Å². The molecule has 1 aromatic heterocycles. The highest BCUT2D eigenvalue weighted by atomic mass is 19.4. The smallest absolute Gasteiger partial charge is 0.334 e. The summed E-state index contributed by atoms with van der Waals surface area (Å²) in [6, 6.07) is 3.39. The maximum absolute atomic E-state index is 13.3. The molecule has 1 saturated heterocycles. The zero-order chi connectivity index (χ0) is 18.5. The number of nitrogens with two attached hydrogens (primary N) is 1. The van der Waals surface area contributed by atoms with E-state index in [9.17, 15) is 18.0 Å². The van der Waals surface area contributed by atoms with Crippen LogP contribution in [0.25, 0.3) is 11.5 Å². The Morgan fingerprint density at radius 2 is 1.96 bits per heavy atom. The molecule has 26 heavy (non-hydrogen) atoms. The molecule has 2 fully saturated rings. The fourth-order valence-electron chi connectivity index (χ4n) is 3.30. The molecule has 0 atom stereocenters. The molecule has 2 aromatic rings. The molecule has 2 N–H and O–H groups in total. The van der Waals surface area contributed by atoms with E-state index in [0.717, 1.165) is 18.6 Å². The number of carbonyl (C=O) groups is 1. The Labute approximate surface area is 147 Å². The van der Waals surface area contributed by atoms with Crippen LogP contribution in [0.5, 0.6) is 0 Å². The quantitative estimate of drug-likeness (QED) is 0.902. The van der Waals surface area contributed by atoms with Crippen molar-refractivity contribution < 1.29 is 22.5 Å². The summed E-state index contributed by atoms with van der Waals surface area (Å²) < 4.78 is 45.1. The molecule has 0 unspecified atom stereocenters. The van der Waals surface area contributed by atoms with E-state index in [1.165, 1.54) is 11.0 Å². The van der Waals surface area contributed by atoms with Crippen LogP contribution in [0, 0.1) is 0 Å². The van der Waals surface area contributed by atoms with Gasteiger partial charge in [0.1, 0.15) is 0 Å². The average Bonchev–Trinajstić information content (AvgIpc) is 3.20. The van der Waals surface area contributed by atoms with Crippen molar-refractivity contribution in [2.75, 3.05) is 11.4 Å². The lowest BCUT2D eigenvalue weighted by molar-refractivity contribution is -0.137. The Kier molecular flexibility index (Phi) is 3.80. The second kappa shape index (κ2) is 5.80. The molecule has 0 bridgehead atoms. The van der Waals surface area contributed by atoms with E-state index in [2.05, 4.69) is 10.1 Å². The third-order valence-corrected chi connectivity index (χ3v) is 4.99. The van der Waals surface area contributed by atoms with E-state index in [0.29, 0.717) is 38.1 Å². The number of rotatable bonds is 3. The largest absolute Gasteiger partial charge is 0.416 e. The number of aromatic nitrogens is 2. The first-order chi connectivity index (χ1) is 12.3. The number of anilines is 1. The Bertz CT molecular complexity index is 858. The molecule has 1 aliphatic carbocycles. The first-order valence-electron chi connectivity index (χ1n) is 8.42. The summed E-state index contributed by atoms with van der Waals surface area (Å²) in [5.41, 5.74) is 4.91. The topological polar surface area (TPSA) is 85.2 Å². The summed E-state index contributed by atoms with van der Waals surface area (Å²) in [6.07, 6.45) is -1.24. The molecule has 4 rings (SSSR count). The predicted molar refractivity (Wildman–Crippen MR) is 86.0 cm³/mol. The summed E-state index contributed by atoms with van der Waals surface area (Å²) in [4.78, 5) is 17.5. The molecule has 9 heteroatoms. The van der Waals surface area contributed by atoms with Crippen LogP contribution in [-0.4, -0.2) is 22.6 Å². The Hall–Kier alpha value is -2.42. The maximum atomic E-state index is 13.3. The fraction of sp³-hybridized carbons (Fsp3) is 0.471. The van der Waals surface area contributed by atoms with Crippen molar-refractivity contribution in [3.63, 3.8) is 0 Å². The minimum absolute atomic E-state index is 0.0317. The van der Waals surface area contributed by atoms with Gasteiger partial charge in [-0.05, 0) is 43.9 Å². The molecule has 2 heterocycles. The van der Waals surface area contributed by atoms with Crippen LogP contribution in [0.15, 0.2) is 22.7 Å². The van der Waals surface area contributed by atoms with Crippen molar-refractivity contribution in [3.8, 4) is 11.5 Å². The van der Waals surface area contributed by atoms with Gasteiger partial charge >= 0.3 is 6.18 Å². The lowest BCUT2D eigenvalue weighted by Crippen LogP contribution is -2.44. The number of carbonyl (C=O) groups excluding carboxylic acids is 1. The van der Waals surface area contributed by atoms with Crippen molar-refractivity contribution in [1.82, 2.24) is 10.1 Å². The van der Waals surface area contributed by atoms with Crippen LogP contribution in [0.2, 0.25) is 0 Å². The number of halogens is 3. The number of benzene rings is 1. The van der Waals surface area contributed by atoms with Crippen LogP contribution >= 0.6 is 0 Å². The zero-order valence-electron chi connectivity index (χ0n) is 13.8. The number of amides is 1. The highest BCUT2D eigenvalue weighted by Crippen LogP contribution is 2.39. The van der Waals surface area contributed by atoms with Gasteiger partial charge < -0.3 is 15.2 Å². The van der Waals surface area contributed by atoms with Crippen LogP contribution in [0.1, 0.15) is 43.5 Å². The van der Waals surface area contributed by atoms with Gasteiger partial charge in [-0.3, -0.25) is 4.79 Å². The van der Waals surface area contributed by atoms with Gasteiger partial charge in [0.25, 0.3) is 5.89 Å². The Balaban J connectivity index is 1.76. The van der Waals surface area contributed by atoms with Crippen molar-refractivity contribution in [3.05, 3.63) is 29.6 Å². The van der Waals surface area contributed by atoms with E-state index in [1.54, 1.807) is 0 Å². The number of alkyl halides is 3. The van der Waals surface area contributed by atoms with E-state index in [4.69, 9.17) is 10.3 Å². The molecule has 138 valence electrons. The third-order valence-electron chi connectivity index (χ3n) is 4.99. The van der Waals surface area contributed by atoms with Gasteiger partial charge in [0.05, 0.1) is 11.1 Å². The van der Waals surface area contributed by atoms with Gasteiger partial charge in [-0.15, -0.1) is 0 Å². The monoisotopic (exact) mass is 366 g/mol. The fourth-order valence-corrected chi connectivity index (χ4v) is 3.30. The SMILES string of the molecule is NC1(c2noc(-c3cc(N4CCCC4=O)cc(C(F)(F)F)c3)n2)CCC1. The second-order valence-corrected chi connectivity index (χ2v) is 6.85. The van der Waals surface area contributed by atoms with Crippen LogP contribution in [-0.2, 0) is 16.5 Å². The van der Waals surface area contributed by atoms with Gasteiger partial charge in [0.2, 0.25) is 5.91 Å². The van der Waals surface area contributed by atoms with Crippen molar-refractivity contribution in [2.24, 2.45) is 5.73 Å². The average molecular weight is 366 g/mol. The molecule has 1 aromatic carbocycles. The van der Waals surface area contributed by atoms with Gasteiger partial charge in [0.15, 0.2) is 5.82 Å². The molecular formula is C17H17F3N4O2. The number of hydrogen-bond acceptors (Lipinski definition) is 5. The summed E-state index contributed by atoms with van der Waals surface area (Å²) in [7, 11) is 0. The highest BCUT2D eigenvalue weighted by molar-refractivity contribution is 5.96. The molecule has 1 saturated carbocycles. The molecule has 2 aliphatic rings. The Morgan fingerprint density at radius 1 is 1.19 bits per heavy atom. The summed E-state index contributed by atoms with van der Waals surface area (Å²) in [5, 5.41) is 3.85. The van der Waals surface area contributed by atoms with E-state index in [-0.39, 0.29) is 23.0 Å². The summed E-state index contributed by atoms with van der Waals surface area (Å²) in [6.45, 7) is 0.389. The van der Waals surface area contributed by atoms with E-state index in [1.807, 2.05) is 0 Å². The van der Waals surface area contributed by atoms with Crippen LogP contribution in [0.4, 0.5) is 18.9 Å². The lowest BCUT2D eigenvalue weighted by atomic mass is 9.77. The summed E-state index contributed by atoms with van der Waals surface area (Å²) in [5.74, 6) is 0.0718. The summed E-state index contributed by atoms with van der Waals surface area (Å²) >= 11 is 0. The van der Waals surface area contributed by atoms with Crippen LogP contribution in [0.3, 0.4) is 0 Å². The minimum Gasteiger partial charge on any atom is -0.334 e. The zero-order valence-corrected chi connectivity index (χ0v) is 13.8. The first-order valence-corrected chi connectivity index (χ1v) is 8.42.